The Labute approximate surface area is 123 Å². The first-order valence-corrected chi connectivity index (χ1v) is 7.65. The number of hydrogen-bond acceptors (Lipinski definition) is 6. The molecule has 0 amide bonds. The zero-order chi connectivity index (χ0) is 14.0. The molecule has 1 aromatic heterocycles. The van der Waals surface area contributed by atoms with Crippen molar-refractivity contribution in [3.8, 4) is 0 Å². The number of aromatic nitrogens is 3. The van der Waals surface area contributed by atoms with Crippen LogP contribution in [0.5, 0.6) is 0 Å². The van der Waals surface area contributed by atoms with E-state index in [0.717, 1.165) is 45.2 Å². The largest absolute Gasteiger partial charge is 0.388 e. The summed E-state index contributed by atoms with van der Waals surface area (Å²) in [7, 11) is 0. The van der Waals surface area contributed by atoms with Gasteiger partial charge in [-0.3, -0.25) is 0 Å². The second-order valence-corrected chi connectivity index (χ2v) is 6.05. The third-order valence-electron chi connectivity index (χ3n) is 4.10. The van der Waals surface area contributed by atoms with Crippen LogP contribution in [-0.2, 0) is 0 Å². The summed E-state index contributed by atoms with van der Waals surface area (Å²) in [6.07, 6.45) is 6.32. The van der Waals surface area contributed by atoms with E-state index in [4.69, 9.17) is 11.6 Å². The van der Waals surface area contributed by atoms with Crippen LogP contribution in [0.15, 0.2) is 0 Å². The molecule has 2 fully saturated rings. The molecule has 20 heavy (non-hydrogen) atoms. The quantitative estimate of drug-likeness (QED) is 0.883. The monoisotopic (exact) mass is 297 g/mol. The molecule has 1 aromatic rings. The van der Waals surface area contributed by atoms with Gasteiger partial charge in [0, 0.05) is 19.6 Å². The van der Waals surface area contributed by atoms with E-state index in [0.29, 0.717) is 18.4 Å². The van der Waals surface area contributed by atoms with E-state index < -0.39 is 5.60 Å². The topological polar surface area (TPSA) is 74.2 Å². The lowest BCUT2D eigenvalue weighted by Crippen LogP contribution is -2.43. The minimum Gasteiger partial charge on any atom is -0.388 e. The van der Waals surface area contributed by atoms with Gasteiger partial charge in [-0.2, -0.15) is 15.0 Å². The van der Waals surface area contributed by atoms with Gasteiger partial charge in [-0.05, 0) is 50.1 Å². The summed E-state index contributed by atoms with van der Waals surface area (Å²) in [6.45, 7) is 2.39. The van der Waals surface area contributed by atoms with Crippen LogP contribution >= 0.6 is 11.6 Å². The lowest BCUT2D eigenvalue weighted by molar-refractivity contribution is -0.0203. The minimum absolute atomic E-state index is 0.198. The maximum Gasteiger partial charge on any atom is 0.231 e. The molecule has 1 saturated heterocycles. The average molecular weight is 298 g/mol. The van der Waals surface area contributed by atoms with Crippen molar-refractivity contribution in [1.82, 2.24) is 15.0 Å². The van der Waals surface area contributed by atoms with Crippen LogP contribution in [0.1, 0.15) is 38.5 Å². The third-order valence-corrected chi connectivity index (χ3v) is 4.26. The predicted molar refractivity (Wildman–Crippen MR) is 78.2 cm³/mol. The first-order valence-electron chi connectivity index (χ1n) is 7.27. The molecule has 3 rings (SSSR count). The van der Waals surface area contributed by atoms with Crippen molar-refractivity contribution in [2.45, 2.75) is 44.1 Å². The van der Waals surface area contributed by atoms with Crippen LogP contribution in [0.2, 0.25) is 5.28 Å². The zero-order valence-electron chi connectivity index (χ0n) is 11.5. The first kappa shape index (κ1) is 13.8. The Morgan fingerprint density at radius 1 is 1.10 bits per heavy atom. The molecule has 1 aliphatic heterocycles. The van der Waals surface area contributed by atoms with E-state index in [2.05, 4.69) is 25.2 Å². The van der Waals surface area contributed by atoms with Crippen LogP contribution in [0.4, 0.5) is 11.9 Å². The second kappa shape index (κ2) is 5.69. The summed E-state index contributed by atoms with van der Waals surface area (Å²) in [5, 5.41) is 13.4. The fourth-order valence-electron chi connectivity index (χ4n) is 2.66. The molecule has 0 radical (unpaired) electrons. The van der Waals surface area contributed by atoms with Crippen LogP contribution < -0.4 is 10.2 Å². The molecule has 6 nitrogen and oxygen atoms in total. The van der Waals surface area contributed by atoms with Crippen molar-refractivity contribution in [2.75, 3.05) is 29.9 Å². The summed E-state index contributed by atoms with van der Waals surface area (Å²) in [6, 6.07) is 0. The number of halogens is 1. The molecule has 0 atom stereocenters. The standard InChI is InChI=1S/C13H20ClN5O/c14-10-16-11(15-9-13(20)5-4-6-13)18-12(17-10)19-7-2-1-3-8-19/h20H,1-9H2,(H,15,16,17,18). The van der Waals surface area contributed by atoms with E-state index in [1.54, 1.807) is 0 Å². The normalized spacial score (nSPS) is 21.4. The van der Waals surface area contributed by atoms with Gasteiger partial charge in [0.05, 0.1) is 5.60 Å². The number of piperidine rings is 1. The summed E-state index contributed by atoms with van der Waals surface area (Å²) in [5.41, 5.74) is -0.607. The van der Waals surface area contributed by atoms with E-state index in [9.17, 15) is 5.11 Å². The van der Waals surface area contributed by atoms with Crippen molar-refractivity contribution >= 4 is 23.5 Å². The van der Waals surface area contributed by atoms with Crippen molar-refractivity contribution < 1.29 is 5.11 Å². The van der Waals surface area contributed by atoms with Gasteiger partial charge in [0.25, 0.3) is 0 Å². The van der Waals surface area contributed by atoms with Crippen LogP contribution in [0.25, 0.3) is 0 Å². The lowest BCUT2D eigenvalue weighted by Gasteiger charge is -2.36. The van der Waals surface area contributed by atoms with Crippen LogP contribution in [0, 0.1) is 0 Å². The summed E-state index contributed by atoms with van der Waals surface area (Å²) >= 11 is 5.98. The molecule has 0 spiro atoms. The predicted octanol–water partition coefficient (Wildman–Crippen LogP) is 1.84. The van der Waals surface area contributed by atoms with Crippen molar-refractivity contribution in [3.05, 3.63) is 5.28 Å². The summed E-state index contributed by atoms with van der Waals surface area (Å²) in [4.78, 5) is 14.8. The van der Waals surface area contributed by atoms with Gasteiger partial charge in [-0.15, -0.1) is 0 Å². The highest BCUT2D eigenvalue weighted by Gasteiger charge is 2.34. The minimum atomic E-state index is -0.607. The number of hydrogen-bond donors (Lipinski definition) is 2. The Balaban J connectivity index is 1.69. The molecule has 2 heterocycles. The fourth-order valence-corrected chi connectivity index (χ4v) is 2.81. The Bertz CT molecular complexity index is 474. The SMILES string of the molecule is OC1(CNc2nc(Cl)nc(N3CCCCC3)n2)CCC1. The Hall–Kier alpha value is -1.14. The van der Waals surface area contributed by atoms with Gasteiger partial charge in [0.15, 0.2) is 0 Å². The molecule has 7 heteroatoms. The first-order chi connectivity index (χ1) is 9.65. The molecule has 0 bridgehead atoms. The highest BCUT2D eigenvalue weighted by Crippen LogP contribution is 2.31. The lowest BCUT2D eigenvalue weighted by atomic mass is 9.80. The van der Waals surface area contributed by atoms with Crippen LogP contribution in [-0.4, -0.2) is 45.3 Å². The molecule has 2 N–H and O–H groups in total. The number of anilines is 2. The molecular weight excluding hydrogens is 278 g/mol. The number of nitrogens with zero attached hydrogens (tertiary/aromatic N) is 4. The molecule has 0 aromatic carbocycles. The molecule has 1 aliphatic carbocycles. The molecule has 2 aliphatic rings. The van der Waals surface area contributed by atoms with Gasteiger partial charge in [0.1, 0.15) is 0 Å². The van der Waals surface area contributed by atoms with E-state index in [-0.39, 0.29) is 5.28 Å². The number of nitrogens with one attached hydrogen (secondary N) is 1. The van der Waals surface area contributed by atoms with Gasteiger partial charge in [0.2, 0.25) is 17.2 Å². The Morgan fingerprint density at radius 3 is 2.50 bits per heavy atom. The summed E-state index contributed by atoms with van der Waals surface area (Å²) in [5.74, 6) is 1.08. The second-order valence-electron chi connectivity index (χ2n) is 5.71. The van der Waals surface area contributed by atoms with E-state index >= 15 is 0 Å². The zero-order valence-corrected chi connectivity index (χ0v) is 12.2. The fraction of sp³-hybridized carbons (Fsp3) is 0.769. The van der Waals surface area contributed by atoms with E-state index in [1.165, 1.54) is 6.42 Å². The van der Waals surface area contributed by atoms with Gasteiger partial charge in [-0.1, -0.05) is 0 Å². The van der Waals surface area contributed by atoms with Crippen LogP contribution in [0.3, 0.4) is 0 Å². The Kier molecular flexibility index (Phi) is 3.94. The van der Waals surface area contributed by atoms with E-state index in [1.807, 2.05) is 0 Å². The number of rotatable bonds is 4. The summed E-state index contributed by atoms with van der Waals surface area (Å²) < 4.78 is 0. The molecule has 0 unspecified atom stereocenters. The van der Waals surface area contributed by atoms with Gasteiger partial charge >= 0.3 is 0 Å². The van der Waals surface area contributed by atoms with Gasteiger partial charge in [-0.25, -0.2) is 0 Å². The van der Waals surface area contributed by atoms with Crippen molar-refractivity contribution in [3.63, 3.8) is 0 Å². The maximum absolute atomic E-state index is 10.1. The highest BCUT2D eigenvalue weighted by molar-refractivity contribution is 6.28. The molecular formula is C13H20ClN5O. The van der Waals surface area contributed by atoms with Crippen molar-refractivity contribution in [2.24, 2.45) is 0 Å². The number of aliphatic hydroxyl groups is 1. The highest BCUT2D eigenvalue weighted by atomic mass is 35.5. The molecule has 110 valence electrons. The van der Waals surface area contributed by atoms with Gasteiger partial charge < -0.3 is 15.3 Å². The smallest absolute Gasteiger partial charge is 0.231 e. The van der Waals surface area contributed by atoms with Crippen molar-refractivity contribution in [1.29, 1.82) is 0 Å². The molecule has 1 saturated carbocycles. The third kappa shape index (κ3) is 3.12. The Morgan fingerprint density at radius 2 is 1.85 bits per heavy atom. The average Bonchev–Trinajstić information content (AvgIpc) is 2.43. The maximum atomic E-state index is 10.1.